The first-order chi connectivity index (χ1) is 10.2. The smallest absolute Gasteiger partial charge is 0.410 e. The molecular weight excluding hydrogens is 266 g/mol. The Bertz CT molecular complexity index is 510. The van der Waals surface area contributed by atoms with Gasteiger partial charge in [-0.15, -0.1) is 0 Å². The summed E-state index contributed by atoms with van der Waals surface area (Å²) in [4.78, 5) is 25.7. The lowest BCUT2D eigenvalue weighted by Gasteiger charge is -2.31. The van der Waals surface area contributed by atoms with Crippen LogP contribution in [0.25, 0.3) is 0 Å². The van der Waals surface area contributed by atoms with Crippen LogP contribution in [0.4, 0.5) is 4.79 Å². The highest BCUT2D eigenvalue weighted by atomic mass is 16.6. The van der Waals surface area contributed by atoms with Crippen LogP contribution in [0.1, 0.15) is 31.2 Å². The van der Waals surface area contributed by atoms with E-state index in [1.165, 1.54) is 12.8 Å². The van der Waals surface area contributed by atoms with Gasteiger partial charge in [-0.25, -0.2) is 4.79 Å². The quantitative estimate of drug-likeness (QED) is 0.855. The number of carbonyl (C=O) groups excluding carboxylic acids is 2. The fraction of sp³-hybridized carbons (Fsp3) is 0.529. The molecule has 1 aromatic rings. The molecule has 0 spiro atoms. The molecule has 1 amide bonds. The predicted molar refractivity (Wildman–Crippen MR) is 78.7 cm³/mol. The van der Waals surface area contributed by atoms with Crippen molar-refractivity contribution in [1.29, 1.82) is 0 Å². The van der Waals surface area contributed by atoms with Crippen LogP contribution in [0, 0.1) is 11.8 Å². The molecule has 1 aliphatic heterocycles. The predicted octanol–water partition coefficient (Wildman–Crippen LogP) is 3.01. The second-order valence-corrected chi connectivity index (χ2v) is 6.08. The molecule has 1 atom stereocenters. The standard InChI is InChI=1S/C17H21NO3/c19-16-8-9-18(11-15(16)10-13-6-7-13)17(20)21-12-14-4-2-1-3-5-14/h1-5,13,15H,6-12H2/t15-/m1/s1. The van der Waals surface area contributed by atoms with E-state index in [0.717, 1.165) is 12.0 Å². The third-order valence-electron chi connectivity index (χ3n) is 4.30. The van der Waals surface area contributed by atoms with Crippen LogP contribution < -0.4 is 0 Å². The minimum absolute atomic E-state index is 0.0236. The van der Waals surface area contributed by atoms with Gasteiger partial charge in [-0.1, -0.05) is 43.2 Å². The summed E-state index contributed by atoms with van der Waals surface area (Å²) in [6.07, 6.45) is 3.59. The lowest BCUT2D eigenvalue weighted by atomic mass is 9.91. The largest absolute Gasteiger partial charge is 0.445 e. The zero-order chi connectivity index (χ0) is 14.7. The molecule has 21 heavy (non-hydrogen) atoms. The van der Waals surface area contributed by atoms with Crippen molar-refractivity contribution in [1.82, 2.24) is 4.90 Å². The molecule has 1 aliphatic carbocycles. The number of carbonyl (C=O) groups is 2. The maximum absolute atomic E-state index is 12.1. The second-order valence-electron chi connectivity index (χ2n) is 6.08. The van der Waals surface area contributed by atoms with Gasteiger partial charge in [-0.3, -0.25) is 4.79 Å². The average molecular weight is 287 g/mol. The number of ether oxygens (including phenoxy) is 1. The van der Waals surface area contributed by atoms with Gasteiger partial charge < -0.3 is 9.64 Å². The molecular formula is C17H21NO3. The average Bonchev–Trinajstić information content (AvgIpc) is 3.32. The summed E-state index contributed by atoms with van der Waals surface area (Å²) in [5, 5.41) is 0. The van der Waals surface area contributed by atoms with Gasteiger partial charge in [0.2, 0.25) is 0 Å². The Balaban J connectivity index is 1.50. The molecule has 2 fully saturated rings. The Hall–Kier alpha value is -1.84. The van der Waals surface area contributed by atoms with E-state index in [-0.39, 0.29) is 18.6 Å². The van der Waals surface area contributed by atoms with E-state index in [1.54, 1.807) is 4.90 Å². The van der Waals surface area contributed by atoms with Crippen molar-refractivity contribution in [2.24, 2.45) is 11.8 Å². The van der Waals surface area contributed by atoms with E-state index < -0.39 is 0 Å². The SMILES string of the molecule is O=C1CCN(C(=O)OCc2ccccc2)C[C@H]1CC1CC1. The third kappa shape index (κ3) is 3.84. The molecule has 112 valence electrons. The second kappa shape index (κ2) is 6.29. The highest BCUT2D eigenvalue weighted by Crippen LogP contribution is 2.36. The zero-order valence-electron chi connectivity index (χ0n) is 12.2. The molecule has 0 unspecified atom stereocenters. The number of likely N-dealkylation sites (tertiary alicyclic amines) is 1. The van der Waals surface area contributed by atoms with Gasteiger partial charge in [0.25, 0.3) is 0 Å². The highest BCUT2D eigenvalue weighted by Gasteiger charge is 2.34. The first-order valence-corrected chi connectivity index (χ1v) is 7.70. The molecule has 4 heteroatoms. The summed E-state index contributed by atoms with van der Waals surface area (Å²) >= 11 is 0. The van der Waals surface area contributed by atoms with E-state index in [0.29, 0.717) is 31.2 Å². The number of nitrogens with zero attached hydrogens (tertiary/aromatic N) is 1. The number of hydrogen-bond donors (Lipinski definition) is 0. The summed E-state index contributed by atoms with van der Waals surface area (Å²) < 4.78 is 5.35. The van der Waals surface area contributed by atoms with Crippen molar-refractivity contribution in [3.63, 3.8) is 0 Å². The van der Waals surface area contributed by atoms with Crippen LogP contribution in [-0.2, 0) is 16.1 Å². The number of hydrogen-bond acceptors (Lipinski definition) is 3. The van der Waals surface area contributed by atoms with Crippen molar-refractivity contribution in [3.05, 3.63) is 35.9 Å². The molecule has 0 N–H and O–H groups in total. The minimum atomic E-state index is -0.299. The Labute approximate surface area is 125 Å². The van der Waals surface area contributed by atoms with Crippen molar-refractivity contribution in [2.45, 2.75) is 32.3 Å². The zero-order valence-corrected chi connectivity index (χ0v) is 12.2. The first-order valence-electron chi connectivity index (χ1n) is 7.70. The van der Waals surface area contributed by atoms with Crippen molar-refractivity contribution < 1.29 is 14.3 Å². The van der Waals surface area contributed by atoms with Gasteiger partial charge in [-0.2, -0.15) is 0 Å². The van der Waals surface area contributed by atoms with Gasteiger partial charge in [0.05, 0.1) is 0 Å². The van der Waals surface area contributed by atoms with Crippen molar-refractivity contribution >= 4 is 11.9 Å². The van der Waals surface area contributed by atoms with E-state index in [9.17, 15) is 9.59 Å². The monoisotopic (exact) mass is 287 g/mol. The minimum Gasteiger partial charge on any atom is -0.445 e. The number of rotatable bonds is 4. The van der Waals surface area contributed by atoms with Gasteiger partial charge in [-0.05, 0) is 17.9 Å². The maximum Gasteiger partial charge on any atom is 0.410 e. The van der Waals surface area contributed by atoms with E-state index in [1.807, 2.05) is 30.3 Å². The maximum atomic E-state index is 12.1. The Kier molecular flexibility index (Phi) is 4.23. The summed E-state index contributed by atoms with van der Waals surface area (Å²) in [5.74, 6) is 1.05. The molecule has 1 saturated heterocycles. The summed E-state index contributed by atoms with van der Waals surface area (Å²) in [5.41, 5.74) is 0.980. The van der Waals surface area contributed by atoms with Crippen molar-refractivity contribution in [3.8, 4) is 0 Å². The van der Waals surface area contributed by atoms with E-state index in [2.05, 4.69) is 0 Å². The van der Waals surface area contributed by atoms with Crippen molar-refractivity contribution in [2.75, 3.05) is 13.1 Å². The molecule has 0 aromatic heterocycles. The topological polar surface area (TPSA) is 46.6 Å². The number of Topliss-reactive ketones (excluding diaryl/α,β-unsaturated/α-hetero) is 1. The van der Waals surface area contributed by atoms with Crippen LogP contribution in [0.15, 0.2) is 30.3 Å². The summed E-state index contributed by atoms with van der Waals surface area (Å²) in [6.45, 7) is 1.31. The van der Waals surface area contributed by atoms with Crippen LogP contribution in [-0.4, -0.2) is 29.9 Å². The first kappa shape index (κ1) is 14.1. The molecule has 3 rings (SSSR count). The van der Waals surface area contributed by atoms with Crippen LogP contribution in [0.5, 0.6) is 0 Å². The molecule has 4 nitrogen and oxygen atoms in total. The van der Waals surface area contributed by atoms with E-state index >= 15 is 0 Å². The highest BCUT2D eigenvalue weighted by molar-refractivity contribution is 5.84. The fourth-order valence-corrected chi connectivity index (χ4v) is 2.85. The van der Waals surface area contributed by atoms with Crippen LogP contribution in [0.2, 0.25) is 0 Å². The Morgan fingerprint density at radius 2 is 2.00 bits per heavy atom. The number of piperidine rings is 1. The van der Waals surface area contributed by atoms with Crippen LogP contribution in [0.3, 0.4) is 0 Å². The molecule has 1 saturated carbocycles. The molecule has 0 bridgehead atoms. The molecule has 1 heterocycles. The van der Waals surface area contributed by atoms with Crippen LogP contribution >= 0.6 is 0 Å². The fourth-order valence-electron chi connectivity index (χ4n) is 2.85. The molecule has 1 aromatic carbocycles. The molecule has 2 aliphatic rings. The molecule has 0 radical (unpaired) electrons. The lowest BCUT2D eigenvalue weighted by Crippen LogP contribution is -2.44. The summed E-state index contributed by atoms with van der Waals surface area (Å²) in [6, 6.07) is 9.65. The lowest BCUT2D eigenvalue weighted by molar-refractivity contribution is -0.126. The number of benzene rings is 1. The van der Waals surface area contributed by atoms with Gasteiger partial charge in [0.15, 0.2) is 0 Å². The van der Waals surface area contributed by atoms with E-state index in [4.69, 9.17) is 4.74 Å². The summed E-state index contributed by atoms with van der Waals surface area (Å²) in [7, 11) is 0. The Morgan fingerprint density at radius 1 is 1.24 bits per heavy atom. The third-order valence-corrected chi connectivity index (χ3v) is 4.30. The normalized spacial score (nSPS) is 22.2. The number of amides is 1. The van der Waals surface area contributed by atoms with Gasteiger partial charge >= 0.3 is 6.09 Å². The Morgan fingerprint density at radius 3 is 2.71 bits per heavy atom. The van der Waals surface area contributed by atoms with Gasteiger partial charge in [0, 0.05) is 25.4 Å². The number of ketones is 1. The van der Waals surface area contributed by atoms with Gasteiger partial charge in [0.1, 0.15) is 12.4 Å².